The maximum Gasteiger partial charge on any atom is 0.228 e. The second-order valence-electron chi connectivity index (χ2n) is 24.6. The zero-order valence-electron chi connectivity index (χ0n) is 59.1. The molecule has 3 atom stereocenters. The molecule has 1 aliphatic carbocycles. The van der Waals surface area contributed by atoms with Gasteiger partial charge in [0.05, 0.1) is 122 Å². The monoisotopic (exact) mass is 1680 g/mol. The van der Waals surface area contributed by atoms with Crippen LogP contribution in [0.2, 0.25) is 41.7 Å². The fourth-order valence-electron chi connectivity index (χ4n) is 11.4. The molecule has 17 heterocycles. The van der Waals surface area contributed by atoms with Crippen LogP contribution in [-0.2, 0) is 42.8 Å². The minimum Gasteiger partial charge on any atom is -0.502 e. The van der Waals surface area contributed by atoms with E-state index in [0.29, 0.717) is 74.7 Å². The van der Waals surface area contributed by atoms with E-state index in [1.54, 1.807) is 65.2 Å². The molecule has 6 N–H and O–H groups in total. The summed E-state index contributed by atoms with van der Waals surface area (Å²) in [6, 6.07) is 0. The number of ketones is 3. The standard InChI is InChI=1S/C18H22N8O2.C14H14ClN7O.C10H10Cl2N4O.C6H6O3.C5HCl3N2O.C5H2Cl2N4.C5H8O.C4H9NO/c19-17-20-9-12(10-21-17)15-13-11-22-26(14-3-1-2-6-28-14)16(13)24-18(23-15)25-4-7-27-8-5-25;15-13-20-11(8-5-17-14(16)18-6-8)9-7-19-22(12(9)21-13)10-3-1-2-4-23-10;11-8-6-5-13-16(7-3-1-2-4-17-7)9(6)15-10(12)14-8;7-4-1-5(8)3-6(9)2-4;6-3-2(1-11)4(7)10-5(8)9-3;6-3-2-1-8-11-4(2)10-5(7)9-3;1-2-4-6-5-3-1;1-3-6-4-2-5-1/h9-11,14H,1-8H2,(H2,19,20,21);5-7,10H,1-4H2,(H2,16,17,18);5,7H,1-4H2;1-3H2;1H;1H,(H,8,9,10,11);2,4H,1,3,5H2;5H,1-4H2. The first-order valence-corrected chi connectivity index (χ1v) is 37.9. The van der Waals surface area contributed by atoms with E-state index in [-0.39, 0.29) is 104 Å². The van der Waals surface area contributed by atoms with Crippen LogP contribution in [0.25, 0.3) is 66.6 Å². The van der Waals surface area contributed by atoms with Crippen LogP contribution in [0.15, 0.2) is 61.9 Å². The number of Topliss-reactive ketones (excluding diaryl/α,β-unsaturated/α-hetero) is 3. The van der Waals surface area contributed by atoms with Crippen molar-refractivity contribution in [3.63, 3.8) is 0 Å². The molecule has 18 rings (SSSR count). The van der Waals surface area contributed by atoms with Gasteiger partial charge in [-0.2, -0.15) is 40.3 Å². The normalized spacial score (nSPS) is 18.3. The van der Waals surface area contributed by atoms with Gasteiger partial charge in [0, 0.05) is 81.9 Å². The van der Waals surface area contributed by atoms with Crippen LogP contribution in [0.5, 0.6) is 0 Å². The van der Waals surface area contributed by atoms with Gasteiger partial charge in [-0.15, -0.1) is 0 Å². The summed E-state index contributed by atoms with van der Waals surface area (Å²) in [5.74, 6) is 0.370. The summed E-state index contributed by atoms with van der Waals surface area (Å²) in [6.45, 7) is 9.78. The number of fused-ring (bicyclic) bond motifs is 4. The predicted octanol–water partition coefficient (Wildman–Crippen LogP) is 11.2. The number of nitrogens with one attached hydrogen (secondary N) is 2. The minimum atomic E-state index is -0.240. The number of aromatic nitrogens is 22. The van der Waals surface area contributed by atoms with Gasteiger partial charge in [-0.3, -0.25) is 24.3 Å². The molecule has 0 amide bonds. The number of rotatable bonds is 7. The summed E-state index contributed by atoms with van der Waals surface area (Å²) in [7, 11) is 0. The van der Waals surface area contributed by atoms with Crippen LogP contribution in [0, 0.1) is 0 Å². The predicted molar refractivity (Wildman–Crippen MR) is 412 cm³/mol. The summed E-state index contributed by atoms with van der Waals surface area (Å²) in [5.41, 5.74) is 16.7. The molecule has 1 saturated carbocycles. The van der Waals surface area contributed by atoms with Crippen molar-refractivity contribution in [1.82, 2.24) is 115 Å². The van der Waals surface area contributed by atoms with E-state index < -0.39 is 0 Å². The molecular weight excluding hydrogens is 1610 g/mol. The fourth-order valence-corrected chi connectivity index (χ4v) is 13.2. The molecule has 44 heteroatoms. The third kappa shape index (κ3) is 23.4. The maximum absolute atomic E-state index is 10.4. The highest BCUT2D eigenvalue weighted by atomic mass is 35.5. The lowest BCUT2D eigenvalue weighted by Crippen LogP contribution is -2.37. The number of carbonyl (C=O) groups excluding carboxylic acids is 4. The summed E-state index contributed by atoms with van der Waals surface area (Å²) >= 11 is 45.5. The zero-order valence-corrected chi connectivity index (χ0v) is 65.1. The van der Waals surface area contributed by atoms with Gasteiger partial charge in [-0.25, -0.2) is 63.9 Å². The van der Waals surface area contributed by atoms with Gasteiger partial charge in [0.25, 0.3) is 0 Å². The third-order valence-corrected chi connectivity index (χ3v) is 18.6. The van der Waals surface area contributed by atoms with Crippen LogP contribution in [-0.4, -0.2) is 212 Å². The van der Waals surface area contributed by atoms with Gasteiger partial charge in [0.15, 0.2) is 47.6 Å². The molecule has 0 spiro atoms. The average molecular weight is 1690 g/mol. The van der Waals surface area contributed by atoms with Crippen molar-refractivity contribution in [2.75, 3.05) is 95.4 Å². The second-order valence-corrected chi connectivity index (χ2v) is 27.4. The van der Waals surface area contributed by atoms with E-state index in [4.69, 9.17) is 143 Å². The first-order valence-electron chi connectivity index (χ1n) is 34.9. The van der Waals surface area contributed by atoms with Crippen LogP contribution in [0.1, 0.15) is 119 Å². The number of halogens is 8. The average Bonchev–Trinajstić information content (AvgIpc) is 1.64. The van der Waals surface area contributed by atoms with Gasteiger partial charge in [0.2, 0.25) is 39.0 Å². The Morgan fingerprint density at radius 2 is 0.892 bits per heavy atom. The largest absolute Gasteiger partial charge is 0.502 e. The molecule has 0 bridgehead atoms. The molecule has 11 aromatic heterocycles. The number of nitrogens with zero attached hydrogens (tertiary/aromatic N) is 22. The molecule has 5 saturated heterocycles. The number of ether oxygens (including phenoxy) is 6. The zero-order chi connectivity index (χ0) is 78.2. The Balaban J connectivity index is 0.000000133. The van der Waals surface area contributed by atoms with E-state index in [1.165, 1.54) is 12.8 Å². The molecule has 11 aromatic rings. The Morgan fingerprint density at radius 3 is 1.32 bits per heavy atom. The third-order valence-electron chi connectivity index (χ3n) is 16.8. The summed E-state index contributed by atoms with van der Waals surface area (Å²) in [4.78, 5) is 101. The van der Waals surface area contributed by atoms with E-state index in [0.717, 1.165) is 151 Å². The molecule has 36 nitrogen and oxygen atoms in total. The molecule has 7 aliphatic rings. The molecule has 0 radical (unpaired) electrons. The fraction of sp³-hybridized carbons (Fsp3) is 0.433. The van der Waals surface area contributed by atoms with Crippen molar-refractivity contribution >= 4 is 178 Å². The number of anilines is 3. The highest BCUT2D eigenvalue weighted by Crippen LogP contribution is 2.35. The van der Waals surface area contributed by atoms with Crippen LogP contribution in [0.3, 0.4) is 0 Å². The van der Waals surface area contributed by atoms with E-state index in [9.17, 15) is 19.2 Å². The van der Waals surface area contributed by atoms with Crippen LogP contribution < -0.4 is 21.7 Å². The molecule has 111 heavy (non-hydrogen) atoms. The highest BCUT2D eigenvalue weighted by molar-refractivity contribution is 6.38. The Labute approximate surface area is 672 Å². The van der Waals surface area contributed by atoms with Gasteiger partial charge in [0.1, 0.15) is 38.0 Å². The number of carbonyl (C=O) groups is 4. The Bertz CT molecular complexity index is 4890. The topological polar surface area (TPSA) is 454 Å². The Kier molecular flexibility index (Phi) is 31.1. The van der Waals surface area contributed by atoms with Crippen molar-refractivity contribution in [2.24, 2.45) is 0 Å². The number of nitrogen functional groups attached to an aromatic ring is 2. The summed E-state index contributed by atoms with van der Waals surface area (Å²) in [5, 5.41) is 26.7. The first-order chi connectivity index (χ1) is 53.9. The smallest absolute Gasteiger partial charge is 0.228 e. The van der Waals surface area contributed by atoms with Gasteiger partial charge in [-0.1, -0.05) is 46.4 Å². The van der Waals surface area contributed by atoms with E-state index >= 15 is 0 Å². The molecule has 6 aliphatic heterocycles. The van der Waals surface area contributed by atoms with Crippen molar-refractivity contribution in [2.45, 2.75) is 109 Å². The highest BCUT2D eigenvalue weighted by Gasteiger charge is 2.28. The molecule has 586 valence electrons. The number of aromatic amines is 1. The number of aldehydes is 1. The SMILES string of the molecule is C1=COCCC1.C1COCCN1.Clc1nc(Cl)c2cn[nH]c2n1.Clc1nc(Cl)c2cnn(C3CCCCO3)c2n1.Nc1ncc(-c2nc(Cl)nc3c2cnn3C2CCCCO2)cn1.Nc1ncc(-c2nc(N3CCOCC3)nc3c2cnn3C2CCCCO2)cn1.O=C1CC(=O)CC(=O)C1.O=Cc1c(Cl)nc(Cl)nc1Cl. The maximum atomic E-state index is 10.4. The quantitative estimate of drug-likeness (QED) is 0.0498. The van der Waals surface area contributed by atoms with Gasteiger partial charge < -0.3 is 50.1 Å². The van der Waals surface area contributed by atoms with Gasteiger partial charge >= 0.3 is 0 Å². The number of allylic oxidation sites excluding steroid dienone is 1. The van der Waals surface area contributed by atoms with Crippen molar-refractivity contribution in [3.8, 4) is 22.5 Å². The summed E-state index contributed by atoms with van der Waals surface area (Å²) in [6.07, 6.45) is 28.9. The number of H-pyrrole nitrogens is 1. The lowest BCUT2D eigenvalue weighted by molar-refractivity contribution is -0.136. The molecule has 6 fully saturated rings. The van der Waals surface area contributed by atoms with E-state index in [1.807, 2.05) is 10.8 Å². The lowest BCUT2D eigenvalue weighted by Gasteiger charge is -2.27. The number of hydrogen-bond acceptors (Lipinski definition) is 32. The van der Waals surface area contributed by atoms with Crippen molar-refractivity contribution < 1.29 is 47.6 Å². The van der Waals surface area contributed by atoms with E-state index in [2.05, 4.69) is 95.5 Å². The number of morpholine rings is 2. The second kappa shape index (κ2) is 41.6. The molecule has 3 unspecified atom stereocenters. The Hall–Kier alpha value is -8.86. The van der Waals surface area contributed by atoms with Gasteiger partial charge in [-0.05, 0) is 123 Å². The molecule has 0 aromatic carbocycles. The van der Waals surface area contributed by atoms with Crippen molar-refractivity contribution in [1.29, 1.82) is 0 Å². The number of nitrogens with two attached hydrogens (primary N) is 2. The number of hydrogen-bond donors (Lipinski definition) is 4. The molecular formula is C67H72Cl8N26O10. The van der Waals surface area contributed by atoms with Crippen molar-refractivity contribution in [3.05, 3.63) is 109 Å². The Morgan fingerprint density at radius 1 is 0.450 bits per heavy atom. The summed E-state index contributed by atoms with van der Waals surface area (Å²) < 4.78 is 38.1. The first kappa shape index (κ1) is 83.1. The minimum absolute atomic E-state index is 0.0360. The lowest BCUT2D eigenvalue weighted by atomic mass is 9.97. The van der Waals surface area contributed by atoms with Crippen LogP contribution in [0.4, 0.5) is 17.8 Å². The van der Waals surface area contributed by atoms with Crippen LogP contribution >= 0.6 is 92.8 Å².